The highest BCUT2D eigenvalue weighted by Crippen LogP contribution is 2.45. The largest absolute Gasteiger partial charge is 0.472 e. The molecule has 590 valence electrons. The van der Waals surface area contributed by atoms with Crippen LogP contribution in [-0.4, -0.2) is 96.7 Å². The van der Waals surface area contributed by atoms with Crippen molar-refractivity contribution in [3.05, 3.63) is 170 Å². The summed E-state index contributed by atoms with van der Waals surface area (Å²) in [4.78, 5) is 73.0. The van der Waals surface area contributed by atoms with Crippen molar-refractivity contribution in [2.45, 2.75) is 303 Å². The van der Waals surface area contributed by atoms with E-state index in [-0.39, 0.29) is 25.7 Å². The highest BCUT2D eigenvalue weighted by atomic mass is 31.2. The van der Waals surface area contributed by atoms with Crippen molar-refractivity contribution in [3.63, 3.8) is 0 Å². The Morgan fingerprint density at radius 2 is 0.510 bits per heavy atom. The minimum absolute atomic E-state index is 0.0236. The van der Waals surface area contributed by atoms with Crippen molar-refractivity contribution in [2.24, 2.45) is 0 Å². The Morgan fingerprint density at radius 3 is 0.837 bits per heavy atom. The van der Waals surface area contributed by atoms with Gasteiger partial charge in [-0.25, -0.2) is 9.13 Å². The third kappa shape index (κ3) is 74.7. The molecule has 0 bridgehead atoms. The Morgan fingerprint density at radius 1 is 0.279 bits per heavy atom. The summed E-state index contributed by atoms with van der Waals surface area (Å²) in [5.41, 5.74) is 0. The predicted octanol–water partition coefficient (Wildman–Crippen LogP) is 23.0. The summed E-state index contributed by atoms with van der Waals surface area (Å²) < 4.78 is 68.5. The maximum Gasteiger partial charge on any atom is 0.472 e. The van der Waals surface area contributed by atoms with Gasteiger partial charge < -0.3 is 33.8 Å². The first kappa shape index (κ1) is 98.4. The van der Waals surface area contributed by atoms with Crippen molar-refractivity contribution in [2.75, 3.05) is 39.6 Å². The van der Waals surface area contributed by atoms with Crippen LogP contribution in [0.2, 0.25) is 0 Å². The van der Waals surface area contributed by atoms with Crippen LogP contribution >= 0.6 is 15.6 Å². The standard InChI is InChI=1S/C85H138O17P2/c1-5-9-13-17-21-25-29-33-37-39-43-45-49-53-57-61-65-69-82(87)95-75-80(101-84(89)71-67-63-59-55-51-47-41-35-31-27-23-19-15-11-7-3)77-99-103(91,92)97-73-79(86)74-98-104(93,94)100-78-81(102-85(90)72-68-64-60-56-52-48-42-36-32-28-24-20-16-12-8-4)76-96-83(88)70-66-62-58-54-50-46-44-40-38-34-30-26-22-18-14-10-6-2/h9-11,13-15,21-23,25-27,33-38,41-46,51,53,55,57,79-81,86H,5-8,12,16-20,24,28-32,39-40,47-50,52,54,56,58-78H2,1-4H3,(H,91,92)(H,93,94)/b13-9-,14-10-,15-11-,25-21-,26-22-,27-23-,37-33-,38-34-,41-35-,42-36-,45-43-,46-44-,55-51-,57-53-. The average molecular weight is 1490 g/mol. The van der Waals surface area contributed by atoms with E-state index in [0.717, 1.165) is 154 Å². The van der Waals surface area contributed by atoms with Crippen molar-refractivity contribution < 1.29 is 80.2 Å². The number of hydrogen-bond acceptors (Lipinski definition) is 15. The van der Waals surface area contributed by atoms with E-state index in [1.54, 1.807) is 0 Å². The van der Waals surface area contributed by atoms with Crippen LogP contribution in [-0.2, 0) is 65.4 Å². The van der Waals surface area contributed by atoms with Crippen LogP contribution < -0.4 is 0 Å². The molecule has 0 fully saturated rings. The molecule has 0 aliphatic rings. The van der Waals surface area contributed by atoms with Crippen LogP contribution in [0.5, 0.6) is 0 Å². The van der Waals surface area contributed by atoms with E-state index < -0.39 is 97.5 Å². The third-order valence-electron chi connectivity index (χ3n) is 15.7. The van der Waals surface area contributed by atoms with Gasteiger partial charge in [-0.2, -0.15) is 0 Å². The lowest BCUT2D eigenvalue weighted by Gasteiger charge is -2.21. The third-order valence-corrected chi connectivity index (χ3v) is 17.6. The molecule has 0 rings (SSSR count). The summed E-state index contributed by atoms with van der Waals surface area (Å²) in [5, 5.41) is 10.6. The molecule has 0 radical (unpaired) electrons. The Kier molecular flexibility index (Phi) is 71.6. The number of phosphoric acid groups is 2. The number of rotatable bonds is 72. The second-order valence-corrected chi connectivity index (χ2v) is 28.4. The van der Waals surface area contributed by atoms with Gasteiger partial charge in [0.15, 0.2) is 12.2 Å². The molecule has 0 amide bonds. The Balaban J connectivity index is 5.49. The number of unbranched alkanes of at least 4 members (excludes halogenated alkanes) is 18. The molecule has 0 saturated carbocycles. The van der Waals surface area contributed by atoms with Gasteiger partial charge in [-0.05, 0) is 167 Å². The summed E-state index contributed by atoms with van der Waals surface area (Å²) in [6.07, 6.45) is 89.2. The first-order valence-corrected chi connectivity index (χ1v) is 42.4. The lowest BCUT2D eigenvalue weighted by atomic mass is 10.1. The molecule has 19 heteroatoms. The maximum absolute atomic E-state index is 13.1. The Labute approximate surface area is 629 Å². The van der Waals surface area contributed by atoms with Crippen LogP contribution in [0.15, 0.2) is 170 Å². The number of phosphoric ester groups is 2. The molecule has 3 N–H and O–H groups in total. The first-order valence-electron chi connectivity index (χ1n) is 39.4. The van der Waals surface area contributed by atoms with Crippen molar-refractivity contribution in [1.29, 1.82) is 0 Å². The van der Waals surface area contributed by atoms with E-state index >= 15 is 0 Å². The molecule has 0 aliphatic heterocycles. The van der Waals surface area contributed by atoms with E-state index in [0.29, 0.717) is 38.5 Å². The van der Waals surface area contributed by atoms with E-state index in [2.05, 4.69) is 186 Å². The van der Waals surface area contributed by atoms with E-state index in [1.807, 2.05) is 12.2 Å². The minimum Gasteiger partial charge on any atom is -0.462 e. The monoisotopic (exact) mass is 1490 g/mol. The molecule has 5 atom stereocenters. The van der Waals surface area contributed by atoms with Gasteiger partial charge in [-0.1, -0.05) is 262 Å². The van der Waals surface area contributed by atoms with Crippen molar-refractivity contribution in [3.8, 4) is 0 Å². The zero-order valence-electron chi connectivity index (χ0n) is 64.4. The van der Waals surface area contributed by atoms with E-state index in [9.17, 15) is 43.2 Å². The van der Waals surface area contributed by atoms with Gasteiger partial charge >= 0.3 is 39.5 Å². The molecule has 0 saturated heterocycles. The quantitative estimate of drug-likeness (QED) is 0.0169. The van der Waals surface area contributed by atoms with Crippen molar-refractivity contribution >= 4 is 39.5 Å². The molecule has 17 nitrogen and oxygen atoms in total. The van der Waals surface area contributed by atoms with Gasteiger partial charge in [-0.15, -0.1) is 0 Å². The molecule has 0 aromatic rings. The van der Waals surface area contributed by atoms with Crippen LogP contribution in [0.3, 0.4) is 0 Å². The number of carbonyl (C=O) groups excluding carboxylic acids is 4. The number of carbonyl (C=O) groups is 4. The van der Waals surface area contributed by atoms with Gasteiger partial charge in [-0.3, -0.25) is 37.3 Å². The topological polar surface area (TPSA) is 237 Å². The average Bonchev–Trinajstić information content (AvgIpc) is 0.937. The summed E-state index contributed by atoms with van der Waals surface area (Å²) in [6.45, 7) is 4.36. The van der Waals surface area contributed by atoms with Crippen LogP contribution in [0.1, 0.15) is 285 Å². The summed E-state index contributed by atoms with van der Waals surface area (Å²) >= 11 is 0. The lowest BCUT2D eigenvalue weighted by molar-refractivity contribution is -0.161. The smallest absolute Gasteiger partial charge is 0.462 e. The molecule has 0 spiro atoms. The summed E-state index contributed by atoms with van der Waals surface area (Å²) in [5.74, 6) is -2.34. The predicted molar refractivity (Wildman–Crippen MR) is 426 cm³/mol. The van der Waals surface area contributed by atoms with Gasteiger partial charge in [0.05, 0.1) is 26.4 Å². The minimum atomic E-state index is -5.01. The zero-order chi connectivity index (χ0) is 76.0. The fourth-order valence-electron chi connectivity index (χ4n) is 9.76. The summed E-state index contributed by atoms with van der Waals surface area (Å²) in [7, 11) is -10.0. The second kappa shape index (κ2) is 75.6. The highest BCUT2D eigenvalue weighted by molar-refractivity contribution is 7.47. The Hall–Kier alpha value is -5.58. The normalized spacial score (nSPS) is 14.8. The lowest BCUT2D eigenvalue weighted by Crippen LogP contribution is -2.30. The molecular formula is C85H138O17P2. The SMILES string of the molecule is CC/C=C\C/C=C\C/C=C\C/C=C\C/C=C\CCCC(=O)OCC(COP(=O)(O)OCC(O)COP(=O)(O)OCC(COC(=O)CCCCCC/C=C\C/C=C\C/C=C\C/C=C\CC)OC(=O)CCCCCCC/C=C\CCCCCCCC)OC(=O)CCCC/C=C\C/C=C\C/C=C\C/C=C\CC. The van der Waals surface area contributed by atoms with Crippen LogP contribution in [0.4, 0.5) is 0 Å². The van der Waals surface area contributed by atoms with Gasteiger partial charge in [0.2, 0.25) is 0 Å². The van der Waals surface area contributed by atoms with Crippen LogP contribution in [0, 0.1) is 0 Å². The molecule has 0 aliphatic carbocycles. The fourth-order valence-corrected chi connectivity index (χ4v) is 11.3. The first-order chi connectivity index (χ1) is 50.7. The molecule has 0 heterocycles. The number of ether oxygens (including phenoxy) is 4. The van der Waals surface area contributed by atoms with Gasteiger partial charge in [0, 0.05) is 25.7 Å². The van der Waals surface area contributed by atoms with Gasteiger partial charge in [0.1, 0.15) is 19.3 Å². The number of aliphatic hydroxyl groups excluding tert-OH is 1. The number of aliphatic hydroxyl groups is 1. The van der Waals surface area contributed by atoms with E-state index in [4.69, 9.17) is 37.0 Å². The maximum atomic E-state index is 13.1. The number of esters is 4. The summed E-state index contributed by atoms with van der Waals surface area (Å²) in [6, 6.07) is 0. The molecule has 0 aromatic heterocycles. The second-order valence-electron chi connectivity index (χ2n) is 25.5. The molecule has 104 heavy (non-hydrogen) atoms. The molecule has 0 aromatic carbocycles. The highest BCUT2D eigenvalue weighted by Gasteiger charge is 2.30. The zero-order valence-corrected chi connectivity index (χ0v) is 66.2. The molecule has 5 unspecified atom stereocenters. The van der Waals surface area contributed by atoms with Gasteiger partial charge in [0.25, 0.3) is 0 Å². The van der Waals surface area contributed by atoms with Crippen molar-refractivity contribution in [1.82, 2.24) is 0 Å². The molecular weight excluding hydrogens is 1350 g/mol. The number of allylic oxidation sites excluding steroid dienone is 28. The number of hydrogen-bond donors (Lipinski definition) is 3. The fraction of sp³-hybridized carbons (Fsp3) is 0.624. The Bertz CT molecular complexity index is 2640. The van der Waals surface area contributed by atoms with Crippen LogP contribution in [0.25, 0.3) is 0 Å². The van der Waals surface area contributed by atoms with E-state index in [1.165, 1.54) is 38.5 Å².